The van der Waals surface area contributed by atoms with E-state index in [4.69, 9.17) is 4.74 Å². The van der Waals surface area contributed by atoms with Gasteiger partial charge >= 0.3 is 0 Å². The zero-order valence-electron chi connectivity index (χ0n) is 13.1. The fourth-order valence-electron chi connectivity index (χ4n) is 2.80. The molecule has 3 aromatic rings. The number of imidazole rings is 1. The SMILES string of the molecule is COc1ccn2c(-c3ccnc(N[C@H]4CNC[C@@H]4F)n3)cnc2c1. The zero-order valence-corrected chi connectivity index (χ0v) is 13.1. The summed E-state index contributed by atoms with van der Waals surface area (Å²) in [6.45, 7) is 0.913. The van der Waals surface area contributed by atoms with Crippen molar-refractivity contribution >= 4 is 11.6 Å². The molecule has 7 nitrogen and oxygen atoms in total. The summed E-state index contributed by atoms with van der Waals surface area (Å²) in [6.07, 6.45) is 4.34. The number of hydrogen-bond acceptors (Lipinski definition) is 6. The first-order chi connectivity index (χ1) is 11.7. The second kappa shape index (κ2) is 6.04. The summed E-state index contributed by atoms with van der Waals surface area (Å²) >= 11 is 0. The van der Waals surface area contributed by atoms with E-state index in [9.17, 15) is 4.39 Å². The van der Waals surface area contributed by atoms with Crippen LogP contribution in [0.25, 0.3) is 17.0 Å². The van der Waals surface area contributed by atoms with Crippen LogP contribution < -0.4 is 15.4 Å². The molecule has 1 saturated heterocycles. The number of nitrogens with zero attached hydrogens (tertiary/aromatic N) is 4. The normalized spacial score (nSPS) is 20.4. The molecule has 0 saturated carbocycles. The van der Waals surface area contributed by atoms with Gasteiger partial charge in [-0.3, -0.25) is 4.40 Å². The summed E-state index contributed by atoms with van der Waals surface area (Å²) in [4.78, 5) is 13.1. The average Bonchev–Trinajstić information content (AvgIpc) is 3.21. The highest BCUT2D eigenvalue weighted by molar-refractivity contribution is 5.61. The largest absolute Gasteiger partial charge is 0.497 e. The third kappa shape index (κ3) is 2.65. The molecule has 0 aliphatic carbocycles. The first-order valence-corrected chi connectivity index (χ1v) is 7.70. The quantitative estimate of drug-likeness (QED) is 0.756. The Hall–Kier alpha value is -2.74. The fourth-order valence-corrected chi connectivity index (χ4v) is 2.80. The van der Waals surface area contributed by atoms with Gasteiger partial charge in [-0.25, -0.2) is 19.3 Å². The first-order valence-electron chi connectivity index (χ1n) is 7.70. The molecule has 2 atom stereocenters. The van der Waals surface area contributed by atoms with Gasteiger partial charge < -0.3 is 15.4 Å². The van der Waals surface area contributed by atoms with E-state index in [0.29, 0.717) is 24.7 Å². The molecule has 0 spiro atoms. The van der Waals surface area contributed by atoms with Crippen molar-refractivity contribution in [2.45, 2.75) is 12.2 Å². The molecule has 0 unspecified atom stereocenters. The van der Waals surface area contributed by atoms with Crippen LogP contribution in [0.4, 0.5) is 10.3 Å². The lowest BCUT2D eigenvalue weighted by Gasteiger charge is -2.14. The van der Waals surface area contributed by atoms with E-state index in [2.05, 4.69) is 25.6 Å². The highest BCUT2D eigenvalue weighted by Gasteiger charge is 2.27. The highest BCUT2D eigenvalue weighted by Crippen LogP contribution is 2.22. The van der Waals surface area contributed by atoms with E-state index in [1.54, 1.807) is 25.6 Å². The van der Waals surface area contributed by atoms with Crippen LogP contribution in [0.3, 0.4) is 0 Å². The van der Waals surface area contributed by atoms with Crippen molar-refractivity contribution in [1.29, 1.82) is 0 Å². The van der Waals surface area contributed by atoms with E-state index in [1.807, 2.05) is 22.7 Å². The molecule has 1 aliphatic heterocycles. The topological polar surface area (TPSA) is 76.4 Å². The van der Waals surface area contributed by atoms with E-state index in [-0.39, 0.29) is 6.04 Å². The number of halogens is 1. The van der Waals surface area contributed by atoms with Gasteiger partial charge in [0.1, 0.15) is 17.6 Å². The van der Waals surface area contributed by atoms with Crippen LogP contribution in [0.2, 0.25) is 0 Å². The molecule has 4 heterocycles. The van der Waals surface area contributed by atoms with Gasteiger partial charge in [0.25, 0.3) is 0 Å². The Morgan fingerprint density at radius 2 is 2.25 bits per heavy atom. The fraction of sp³-hybridized carbons (Fsp3) is 0.312. The number of methoxy groups -OCH3 is 1. The van der Waals surface area contributed by atoms with Crippen LogP contribution >= 0.6 is 0 Å². The number of ether oxygens (including phenoxy) is 1. The first kappa shape index (κ1) is 14.8. The average molecular weight is 328 g/mol. The van der Waals surface area contributed by atoms with E-state index in [1.165, 1.54) is 0 Å². The monoisotopic (exact) mass is 328 g/mol. The predicted molar refractivity (Wildman–Crippen MR) is 87.9 cm³/mol. The summed E-state index contributed by atoms with van der Waals surface area (Å²) in [6, 6.07) is 5.20. The van der Waals surface area contributed by atoms with Crippen molar-refractivity contribution in [3.8, 4) is 17.1 Å². The summed E-state index contributed by atoms with van der Waals surface area (Å²) in [5, 5.41) is 6.05. The van der Waals surface area contributed by atoms with Gasteiger partial charge in [0, 0.05) is 31.5 Å². The van der Waals surface area contributed by atoms with E-state index >= 15 is 0 Å². The molecule has 2 N–H and O–H groups in total. The van der Waals surface area contributed by atoms with Crippen molar-refractivity contribution in [3.05, 3.63) is 36.8 Å². The van der Waals surface area contributed by atoms with E-state index < -0.39 is 6.17 Å². The second-order valence-electron chi connectivity index (χ2n) is 5.63. The third-order valence-corrected chi connectivity index (χ3v) is 4.09. The minimum absolute atomic E-state index is 0.313. The van der Waals surface area contributed by atoms with Crippen LogP contribution in [0.1, 0.15) is 0 Å². The van der Waals surface area contributed by atoms with Gasteiger partial charge in [-0.1, -0.05) is 0 Å². The van der Waals surface area contributed by atoms with E-state index in [0.717, 1.165) is 17.1 Å². The summed E-state index contributed by atoms with van der Waals surface area (Å²) in [5.41, 5.74) is 2.31. The number of nitrogens with one attached hydrogen (secondary N) is 2. The minimum atomic E-state index is -0.944. The zero-order chi connectivity index (χ0) is 16.5. The van der Waals surface area contributed by atoms with Gasteiger partial charge in [-0.15, -0.1) is 0 Å². The molecule has 124 valence electrons. The molecule has 24 heavy (non-hydrogen) atoms. The molecular weight excluding hydrogens is 311 g/mol. The Balaban J connectivity index is 1.66. The molecular formula is C16H17FN6O. The lowest BCUT2D eigenvalue weighted by atomic mass is 10.2. The van der Waals surface area contributed by atoms with Crippen molar-refractivity contribution in [3.63, 3.8) is 0 Å². The predicted octanol–water partition coefficient (Wildman–Crippen LogP) is 1.52. The lowest BCUT2D eigenvalue weighted by molar-refractivity contribution is 0.342. The Bertz CT molecular complexity index is 867. The highest BCUT2D eigenvalue weighted by atomic mass is 19.1. The Morgan fingerprint density at radius 3 is 3.04 bits per heavy atom. The molecule has 1 fully saturated rings. The second-order valence-corrected chi connectivity index (χ2v) is 5.63. The van der Waals surface area contributed by atoms with Gasteiger partial charge in [-0.05, 0) is 12.1 Å². The van der Waals surface area contributed by atoms with Crippen molar-refractivity contribution in [2.24, 2.45) is 0 Å². The Labute approximate surface area is 137 Å². The Morgan fingerprint density at radius 1 is 1.33 bits per heavy atom. The Kier molecular flexibility index (Phi) is 3.73. The lowest BCUT2D eigenvalue weighted by Crippen LogP contribution is -2.30. The minimum Gasteiger partial charge on any atom is -0.497 e. The van der Waals surface area contributed by atoms with Crippen LogP contribution in [-0.2, 0) is 0 Å². The molecule has 4 rings (SSSR count). The van der Waals surface area contributed by atoms with Crippen LogP contribution in [-0.4, -0.2) is 51.8 Å². The van der Waals surface area contributed by atoms with Gasteiger partial charge in [0.2, 0.25) is 5.95 Å². The smallest absolute Gasteiger partial charge is 0.223 e. The van der Waals surface area contributed by atoms with Gasteiger partial charge in [-0.2, -0.15) is 0 Å². The van der Waals surface area contributed by atoms with Gasteiger partial charge in [0.15, 0.2) is 0 Å². The maximum Gasteiger partial charge on any atom is 0.223 e. The number of anilines is 1. The van der Waals surface area contributed by atoms with Crippen molar-refractivity contribution < 1.29 is 9.13 Å². The number of aromatic nitrogens is 4. The molecule has 8 heteroatoms. The number of fused-ring (bicyclic) bond motifs is 1. The molecule has 3 aromatic heterocycles. The number of rotatable bonds is 4. The third-order valence-electron chi connectivity index (χ3n) is 4.09. The van der Waals surface area contributed by atoms with Crippen molar-refractivity contribution in [1.82, 2.24) is 24.7 Å². The summed E-state index contributed by atoms with van der Waals surface area (Å²) in [5.74, 6) is 1.15. The van der Waals surface area contributed by atoms with Gasteiger partial charge in [0.05, 0.1) is 30.7 Å². The van der Waals surface area contributed by atoms with Crippen molar-refractivity contribution in [2.75, 3.05) is 25.5 Å². The molecule has 0 radical (unpaired) electrons. The maximum atomic E-state index is 13.7. The molecule has 0 aromatic carbocycles. The molecule has 1 aliphatic rings. The molecule has 0 bridgehead atoms. The number of hydrogen-bond donors (Lipinski definition) is 2. The van der Waals surface area contributed by atoms with Crippen LogP contribution in [0.5, 0.6) is 5.75 Å². The summed E-state index contributed by atoms with van der Waals surface area (Å²) < 4.78 is 20.9. The molecule has 0 amide bonds. The van der Waals surface area contributed by atoms with Crippen LogP contribution in [0, 0.1) is 0 Å². The maximum absolute atomic E-state index is 13.7. The summed E-state index contributed by atoms with van der Waals surface area (Å²) in [7, 11) is 1.62. The standard InChI is InChI=1S/C16H17FN6O/c1-24-10-3-5-23-14(9-20-15(23)6-10)12-2-4-19-16(21-12)22-13-8-18-7-11(13)17/h2-6,9,11,13,18H,7-8H2,1H3,(H,19,21,22)/t11-,13-/m0/s1. The van der Waals surface area contributed by atoms with Crippen LogP contribution in [0.15, 0.2) is 36.8 Å². The number of alkyl halides is 1. The number of pyridine rings is 1.